The molecule has 0 amide bonds. The Balaban J connectivity index is 3.04. The molecule has 0 atom stereocenters. The number of benzene rings is 1. The molecule has 0 unspecified atom stereocenters. The van der Waals surface area contributed by atoms with E-state index in [2.05, 4.69) is 30.6 Å². The first-order chi connectivity index (χ1) is 9.49. The van der Waals surface area contributed by atoms with Gasteiger partial charge in [-0.25, -0.2) is 0 Å². The molecule has 0 fully saturated rings. The number of aliphatic imine (C=N–C) groups is 1. The van der Waals surface area contributed by atoms with Gasteiger partial charge >= 0.3 is 0 Å². The second-order valence-corrected chi connectivity index (χ2v) is 4.81. The third kappa shape index (κ3) is 4.19. The maximum Gasteiger partial charge on any atom is 0.0496 e. The van der Waals surface area contributed by atoms with Crippen LogP contribution in [0, 0.1) is 12.3 Å². The van der Waals surface area contributed by atoms with E-state index >= 15 is 0 Å². The van der Waals surface area contributed by atoms with Crippen LogP contribution >= 0.6 is 0 Å². The Morgan fingerprint density at radius 1 is 1.45 bits per heavy atom. The van der Waals surface area contributed by atoms with Crippen LogP contribution in [0.1, 0.15) is 31.4 Å². The van der Waals surface area contributed by atoms with Gasteiger partial charge in [0.1, 0.15) is 0 Å². The quantitative estimate of drug-likeness (QED) is 0.759. The Kier molecular flexibility index (Phi) is 5.91. The van der Waals surface area contributed by atoms with Crippen molar-refractivity contribution in [1.82, 2.24) is 0 Å². The zero-order valence-electron chi connectivity index (χ0n) is 12.5. The van der Waals surface area contributed by atoms with Gasteiger partial charge < -0.3 is 11.1 Å². The lowest BCUT2D eigenvalue weighted by molar-refractivity contribution is 1.11. The monoisotopic (exact) mass is 269 g/mol. The highest BCUT2D eigenvalue weighted by atomic mass is 14.7. The van der Waals surface area contributed by atoms with Gasteiger partial charge in [-0.2, -0.15) is 0 Å². The molecule has 0 heterocycles. The van der Waals surface area contributed by atoms with Crippen molar-refractivity contribution < 1.29 is 0 Å². The van der Waals surface area contributed by atoms with E-state index in [0.29, 0.717) is 24.2 Å². The van der Waals surface area contributed by atoms with Crippen molar-refractivity contribution >= 4 is 17.5 Å². The predicted molar refractivity (Wildman–Crippen MR) is 88.5 cm³/mol. The Labute approximate surface area is 121 Å². The lowest BCUT2D eigenvalue weighted by Crippen LogP contribution is -2.12. The number of hydrogen-bond donors (Lipinski definition) is 2. The van der Waals surface area contributed by atoms with Crippen molar-refractivity contribution in [3.05, 3.63) is 53.2 Å². The standard InChI is InChI=1S/C17H23N3/c1-5-20-17(16(11-18)14(4)19)10-13(3)15-8-6-7-12(2)9-15/h6-9,11,18H,3,5,10,19H2,1-2,4H3/b16-14+,18-11?,20-17?. The first-order valence-corrected chi connectivity index (χ1v) is 6.74. The van der Waals surface area contributed by atoms with E-state index in [1.165, 1.54) is 11.8 Å². The summed E-state index contributed by atoms with van der Waals surface area (Å²) in [6.07, 6.45) is 1.88. The third-order valence-electron chi connectivity index (χ3n) is 3.04. The second kappa shape index (κ2) is 7.43. The van der Waals surface area contributed by atoms with Gasteiger partial charge in [-0.15, -0.1) is 0 Å². The summed E-state index contributed by atoms with van der Waals surface area (Å²) in [5.41, 5.74) is 11.3. The molecular weight excluding hydrogens is 246 g/mol. The molecule has 0 aliphatic carbocycles. The SMILES string of the molecule is C=C(CC(=NCC)/C(C=N)=C(\C)N)c1cccc(C)c1. The fraction of sp³-hybridized carbons (Fsp3) is 0.294. The summed E-state index contributed by atoms with van der Waals surface area (Å²) in [6.45, 7) is 10.6. The summed E-state index contributed by atoms with van der Waals surface area (Å²) in [7, 11) is 0. The van der Waals surface area contributed by atoms with Gasteiger partial charge in [0.05, 0.1) is 0 Å². The topological polar surface area (TPSA) is 62.2 Å². The molecule has 1 rings (SSSR count). The van der Waals surface area contributed by atoms with E-state index in [9.17, 15) is 0 Å². The van der Waals surface area contributed by atoms with Crippen LogP contribution in [0.2, 0.25) is 0 Å². The van der Waals surface area contributed by atoms with Crippen molar-refractivity contribution in [3.8, 4) is 0 Å². The summed E-state index contributed by atoms with van der Waals surface area (Å²) in [5.74, 6) is 0. The van der Waals surface area contributed by atoms with Crippen molar-refractivity contribution in [1.29, 1.82) is 5.41 Å². The van der Waals surface area contributed by atoms with Gasteiger partial charge in [0, 0.05) is 36.2 Å². The average Bonchev–Trinajstić information content (AvgIpc) is 2.39. The summed E-state index contributed by atoms with van der Waals surface area (Å²) >= 11 is 0. The van der Waals surface area contributed by atoms with Crippen LogP contribution in [-0.2, 0) is 0 Å². The minimum absolute atomic E-state index is 0.608. The molecule has 0 bridgehead atoms. The number of nitrogens with one attached hydrogen (secondary N) is 1. The number of rotatable bonds is 6. The smallest absolute Gasteiger partial charge is 0.0496 e. The Hall–Kier alpha value is -2.16. The van der Waals surface area contributed by atoms with E-state index in [1.807, 2.05) is 19.1 Å². The van der Waals surface area contributed by atoms with Crippen molar-refractivity contribution in [2.45, 2.75) is 27.2 Å². The van der Waals surface area contributed by atoms with Gasteiger partial charge in [-0.05, 0) is 31.9 Å². The maximum atomic E-state index is 7.51. The van der Waals surface area contributed by atoms with Crippen molar-refractivity contribution in [2.75, 3.05) is 6.54 Å². The average molecular weight is 269 g/mol. The Bertz CT molecular complexity index is 561. The molecule has 20 heavy (non-hydrogen) atoms. The molecule has 0 saturated carbocycles. The van der Waals surface area contributed by atoms with Crippen LogP contribution in [0.3, 0.4) is 0 Å². The van der Waals surface area contributed by atoms with Crippen LogP contribution in [0.4, 0.5) is 0 Å². The number of nitrogens with zero attached hydrogens (tertiary/aromatic N) is 1. The third-order valence-corrected chi connectivity index (χ3v) is 3.04. The van der Waals surface area contributed by atoms with E-state index in [1.54, 1.807) is 6.92 Å². The maximum absolute atomic E-state index is 7.51. The Morgan fingerprint density at radius 3 is 2.65 bits per heavy atom. The number of aryl methyl sites for hydroxylation is 1. The van der Waals surface area contributed by atoms with Crippen LogP contribution in [-0.4, -0.2) is 18.5 Å². The molecule has 1 aromatic rings. The molecule has 0 saturated heterocycles. The highest BCUT2D eigenvalue weighted by molar-refractivity contribution is 6.18. The highest BCUT2D eigenvalue weighted by Crippen LogP contribution is 2.20. The van der Waals surface area contributed by atoms with Crippen LogP contribution in [0.15, 0.2) is 47.1 Å². The zero-order valence-corrected chi connectivity index (χ0v) is 12.5. The summed E-state index contributed by atoms with van der Waals surface area (Å²) in [4.78, 5) is 4.47. The minimum atomic E-state index is 0.608. The molecule has 0 aliphatic heterocycles. The van der Waals surface area contributed by atoms with Crippen LogP contribution in [0.5, 0.6) is 0 Å². The molecular formula is C17H23N3. The first kappa shape index (κ1) is 15.9. The van der Waals surface area contributed by atoms with Crippen LogP contribution in [0.25, 0.3) is 5.57 Å². The van der Waals surface area contributed by atoms with Crippen LogP contribution < -0.4 is 5.73 Å². The molecule has 0 aliphatic rings. The van der Waals surface area contributed by atoms with E-state index < -0.39 is 0 Å². The van der Waals surface area contributed by atoms with Crippen molar-refractivity contribution in [3.63, 3.8) is 0 Å². The molecule has 3 N–H and O–H groups in total. The normalized spacial score (nSPS) is 12.8. The Morgan fingerprint density at radius 2 is 2.15 bits per heavy atom. The van der Waals surface area contributed by atoms with Gasteiger partial charge in [-0.3, -0.25) is 4.99 Å². The second-order valence-electron chi connectivity index (χ2n) is 4.81. The van der Waals surface area contributed by atoms with Gasteiger partial charge in [-0.1, -0.05) is 36.4 Å². The van der Waals surface area contributed by atoms with Gasteiger partial charge in [0.2, 0.25) is 0 Å². The molecule has 0 spiro atoms. The molecule has 3 nitrogen and oxygen atoms in total. The molecule has 3 heteroatoms. The zero-order chi connectivity index (χ0) is 15.1. The number of nitrogens with two attached hydrogens (primary N) is 1. The number of hydrogen-bond acceptors (Lipinski definition) is 3. The largest absolute Gasteiger partial charge is 0.402 e. The fourth-order valence-corrected chi connectivity index (χ4v) is 2.02. The van der Waals surface area contributed by atoms with Gasteiger partial charge in [0.25, 0.3) is 0 Å². The fourth-order valence-electron chi connectivity index (χ4n) is 2.02. The van der Waals surface area contributed by atoms with E-state index in [-0.39, 0.29) is 0 Å². The summed E-state index contributed by atoms with van der Waals surface area (Å²) in [6, 6.07) is 8.23. The summed E-state index contributed by atoms with van der Waals surface area (Å²) in [5, 5.41) is 7.51. The number of allylic oxidation sites excluding steroid dienone is 3. The summed E-state index contributed by atoms with van der Waals surface area (Å²) < 4.78 is 0. The van der Waals surface area contributed by atoms with Crippen molar-refractivity contribution in [2.24, 2.45) is 10.7 Å². The minimum Gasteiger partial charge on any atom is -0.402 e. The first-order valence-electron chi connectivity index (χ1n) is 6.74. The van der Waals surface area contributed by atoms with E-state index in [0.717, 1.165) is 16.8 Å². The molecule has 106 valence electrons. The predicted octanol–water partition coefficient (Wildman–Crippen LogP) is 3.74. The van der Waals surface area contributed by atoms with E-state index in [4.69, 9.17) is 11.1 Å². The molecule has 0 aromatic heterocycles. The van der Waals surface area contributed by atoms with Gasteiger partial charge in [0.15, 0.2) is 0 Å². The molecule has 1 aromatic carbocycles. The lowest BCUT2D eigenvalue weighted by Gasteiger charge is -2.12. The highest BCUT2D eigenvalue weighted by Gasteiger charge is 2.10. The molecule has 0 radical (unpaired) electrons. The lowest BCUT2D eigenvalue weighted by atomic mass is 9.96.